The Morgan fingerprint density at radius 2 is 1.82 bits per heavy atom. The highest BCUT2D eigenvalue weighted by Crippen LogP contribution is 2.30. The lowest BCUT2D eigenvalue weighted by molar-refractivity contribution is -0.127. The first-order valence-electron chi connectivity index (χ1n) is 11.9. The van der Waals surface area contributed by atoms with Gasteiger partial charge in [-0.05, 0) is 56.2 Å². The Bertz CT molecular complexity index is 1040. The van der Waals surface area contributed by atoms with Crippen molar-refractivity contribution in [3.8, 4) is 0 Å². The zero-order chi connectivity index (χ0) is 23.3. The van der Waals surface area contributed by atoms with E-state index >= 15 is 0 Å². The summed E-state index contributed by atoms with van der Waals surface area (Å²) >= 11 is 1.56. The molecular weight excluding hydrogens is 458 g/mol. The second-order valence-electron chi connectivity index (χ2n) is 9.04. The molecule has 1 aliphatic heterocycles. The zero-order valence-corrected chi connectivity index (χ0v) is 20.8. The maximum absolute atomic E-state index is 13.4. The number of nitrogens with one attached hydrogen (secondary N) is 1. The summed E-state index contributed by atoms with van der Waals surface area (Å²) in [7, 11) is -3.76. The summed E-state index contributed by atoms with van der Waals surface area (Å²) in [5, 5.41) is 9.11. The summed E-state index contributed by atoms with van der Waals surface area (Å²) in [4.78, 5) is 14.0. The molecule has 1 N–H and O–H groups in total. The van der Waals surface area contributed by atoms with Crippen LogP contribution in [0.1, 0.15) is 74.1 Å². The van der Waals surface area contributed by atoms with Gasteiger partial charge in [0, 0.05) is 29.9 Å². The number of hydrogen-bond donors (Lipinski definition) is 1. The molecule has 33 heavy (non-hydrogen) atoms. The fourth-order valence-electron chi connectivity index (χ4n) is 4.75. The van der Waals surface area contributed by atoms with Crippen LogP contribution < -0.4 is 5.32 Å². The Hall–Kier alpha value is -1.97. The highest BCUT2D eigenvalue weighted by Gasteiger charge is 2.36. The van der Waals surface area contributed by atoms with Crippen LogP contribution in [0, 0.1) is 12.8 Å². The van der Waals surface area contributed by atoms with Gasteiger partial charge in [0.1, 0.15) is 5.69 Å². The topological polar surface area (TPSA) is 92.5 Å². The first-order valence-corrected chi connectivity index (χ1v) is 14.3. The molecule has 180 valence electrons. The fraction of sp³-hybridized carbons (Fsp3) is 0.583. The van der Waals surface area contributed by atoms with Crippen LogP contribution in [-0.4, -0.2) is 42.9 Å². The Morgan fingerprint density at radius 3 is 2.48 bits per heavy atom. The normalized spacial score (nSPS) is 20.0. The SMILES string of the molecule is Cc1noc(C=Cc2cccs2)c1S(=O)(=O)N1CCC(C(=O)NC2CCCCCCC2)CC1. The van der Waals surface area contributed by atoms with E-state index in [-0.39, 0.29) is 28.5 Å². The van der Waals surface area contributed by atoms with Crippen LogP contribution in [0.3, 0.4) is 0 Å². The molecule has 2 aliphatic rings. The summed E-state index contributed by atoms with van der Waals surface area (Å²) in [5.74, 6) is 0.187. The monoisotopic (exact) mass is 491 g/mol. The minimum Gasteiger partial charge on any atom is -0.355 e. The molecule has 1 amide bonds. The van der Waals surface area contributed by atoms with Crippen molar-refractivity contribution < 1.29 is 17.7 Å². The minimum atomic E-state index is -3.76. The maximum atomic E-state index is 13.4. The lowest BCUT2D eigenvalue weighted by atomic mass is 9.94. The molecule has 0 radical (unpaired) electrons. The van der Waals surface area contributed by atoms with Crippen LogP contribution >= 0.6 is 11.3 Å². The Kier molecular flexibility index (Phi) is 8.03. The molecule has 0 spiro atoms. The highest BCUT2D eigenvalue weighted by atomic mass is 32.2. The van der Waals surface area contributed by atoms with Crippen LogP contribution in [0.15, 0.2) is 26.9 Å². The predicted molar refractivity (Wildman–Crippen MR) is 130 cm³/mol. The van der Waals surface area contributed by atoms with Crippen molar-refractivity contribution in [2.75, 3.05) is 13.1 Å². The summed E-state index contributed by atoms with van der Waals surface area (Å²) in [5.41, 5.74) is 0.352. The number of amides is 1. The summed E-state index contributed by atoms with van der Waals surface area (Å²) < 4.78 is 33.6. The van der Waals surface area contributed by atoms with Crippen LogP contribution in [0.5, 0.6) is 0 Å². The van der Waals surface area contributed by atoms with Gasteiger partial charge in [0.15, 0.2) is 10.7 Å². The Balaban J connectivity index is 1.38. The molecule has 3 heterocycles. The van der Waals surface area contributed by atoms with E-state index in [1.54, 1.807) is 24.3 Å². The average molecular weight is 492 g/mol. The molecule has 0 atom stereocenters. The zero-order valence-electron chi connectivity index (χ0n) is 19.2. The fourth-order valence-corrected chi connectivity index (χ4v) is 7.09. The van der Waals surface area contributed by atoms with Crippen molar-refractivity contribution in [3.63, 3.8) is 0 Å². The van der Waals surface area contributed by atoms with Crippen LogP contribution in [0.4, 0.5) is 0 Å². The Labute approximate surface area is 200 Å². The smallest absolute Gasteiger partial charge is 0.248 e. The van der Waals surface area contributed by atoms with Crippen molar-refractivity contribution in [1.29, 1.82) is 0 Å². The molecule has 0 unspecified atom stereocenters. The van der Waals surface area contributed by atoms with Crippen molar-refractivity contribution in [3.05, 3.63) is 33.8 Å². The molecule has 4 rings (SSSR count). The van der Waals surface area contributed by atoms with E-state index in [0.717, 1.165) is 17.7 Å². The number of carbonyl (C=O) groups is 1. The van der Waals surface area contributed by atoms with Gasteiger partial charge in [-0.3, -0.25) is 4.79 Å². The second kappa shape index (κ2) is 11.0. The molecule has 1 aliphatic carbocycles. The standard InChI is InChI=1S/C24H33N3O4S2/c1-18-23(22(31-26-18)12-11-21-10-7-17-32-21)33(29,30)27-15-13-19(14-16-27)24(28)25-20-8-5-3-2-4-6-9-20/h7,10-12,17,19-20H,2-6,8-9,13-16H2,1H3,(H,25,28). The van der Waals surface area contributed by atoms with Gasteiger partial charge in [0.2, 0.25) is 15.9 Å². The van der Waals surface area contributed by atoms with Crippen molar-refractivity contribution in [1.82, 2.24) is 14.8 Å². The van der Waals surface area contributed by atoms with Gasteiger partial charge in [-0.25, -0.2) is 8.42 Å². The van der Waals surface area contributed by atoms with E-state index in [0.29, 0.717) is 31.6 Å². The third-order valence-corrected chi connectivity index (χ3v) is 9.54. The molecule has 2 fully saturated rings. The number of carbonyl (C=O) groups excluding carboxylic acids is 1. The average Bonchev–Trinajstić information content (AvgIpc) is 3.43. The van der Waals surface area contributed by atoms with Gasteiger partial charge in [0.05, 0.1) is 0 Å². The first-order chi connectivity index (χ1) is 15.9. The number of rotatable bonds is 6. The minimum absolute atomic E-state index is 0.0818. The van der Waals surface area contributed by atoms with E-state index in [9.17, 15) is 13.2 Å². The van der Waals surface area contributed by atoms with E-state index in [1.807, 2.05) is 23.6 Å². The van der Waals surface area contributed by atoms with Crippen LogP contribution in [-0.2, 0) is 14.8 Å². The number of aryl methyl sites for hydroxylation is 1. The summed E-state index contributed by atoms with van der Waals surface area (Å²) in [6.07, 6.45) is 12.8. The number of piperidine rings is 1. The third-order valence-electron chi connectivity index (χ3n) is 6.65. The second-order valence-corrected chi connectivity index (χ2v) is 11.9. The van der Waals surface area contributed by atoms with E-state index in [2.05, 4.69) is 10.5 Å². The van der Waals surface area contributed by atoms with Gasteiger partial charge in [-0.15, -0.1) is 11.3 Å². The van der Waals surface area contributed by atoms with Gasteiger partial charge < -0.3 is 9.84 Å². The number of sulfonamides is 1. The number of thiophene rings is 1. The molecule has 7 nitrogen and oxygen atoms in total. The molecule has 9 heteroatoms. The quantitative estimate of drug-likeness (QED) is 0.624. The molecule has 0 bridgehead atoms. The lowest BCUT2D eigenvalue weighted by Crippen LogP contribution is -2.45. The molecule has 1 saturated carbocycles. The number of nitrogens with zero attached hydrogens (tertiary/aromatic N) is 2. The van der Waals surface area contributed by atoms with Gasteiger partial charge in [-0.1, -0.05) is 43.3 Å². The predicted octanol–water partition coefficient (Wildman–Crippen LogP) is 4.84. The Morgan fingerprint density at radius 1 is 1.12 bits per heavy atom. The molecule has 2 aromatic rings. The summed E-state index contributed by atoms with van der Waals surface area (Å²) in [6.45, 7) is 2.29. The molecule has 2 aromatic heterocycles. The van der Waals surface area contributed by atoms with Crippen LogP contribution in [0.2, 0.25) is 0 Å². The van der Waals surface area contributed by atoms with Gasteiger partial charge in [0.25, 0.3) is 0 Å². The van der Waals surface area contributed by atoms with Crippen LogP contribution in [0.25, 0.3) is 12.2 Å². The molecule has 1 saturated heterocycles. The molecular formula is C24H33N3O4S2. The largest absolute Gasteiger partial charge is 0.355 e. The van der Waals surface area contributed by atoms with E-state index in [1.165, 1.54) is 36.4 Å². The highest BCUT2D eigenvalue weighted by molar-refractivity contribution is 7.89. The lowest BCUT2D eigenvalue weighted by Gasteiger charge is -2.31. The van der Waals surface area contributed by atoms with Gasteiger partial charge in [-0.2, -0.15) is 4.31 Å². The summed E-state index contributed by atoms with van der Waals surface area (Å²) in [6, 6.07) is 4.15. The van der Waals surface area contributed by atoms with Crippen molar-refractivity contribution in [2.45, 2.75) is 75.6 Å². The van der Waals surface area contributed by atoms with E-state index in [4.69, 9.17) is 4.52 Å². The van der Waals surface area contributed by atoms with E-state index < -0.39 is 10.0 Å². The molecule has 0 aromatic carbocycles. The van der Waals surface area contributed by atoms with Crippen molar-refractivity contribution in [2.24, 2.45) is 5.92 Å². The number of hydrogen-bond acceptors (Lipinski definition) is 6. The third kappa shape index (κ3) is 5.94. The first kappa shape index (κ1) is 24.2. The maximum Gasteiger partial charge on any atom is 0.248 e. The van der Waals surface area contributed by atoms with Gasteiger partial charge >= 0.3 is 0 Å². The van der Waals surface area contributed by atoms with Crippen molar-refractivity contribution >= 4 is 39.4 Å². The number of aromatic nitrogens is 1.